The van der Waals surface area contributed by atoms with E-state index < -0.39 is 5.54 Å². The van der Waals surface area contributed by atoms with Gasteiger partial charge < -0.3 is 15.2 Å². The van der Waals surface area contributed by atoms with Crippen LogP contribution in [0.4, 0.5) is 0 Å². The Kier molecular flexibility index (Phi) is 2.54. The smallest absolute Gasteiger partial charge is 0.232 e. The molecule has 3 aliphatic rings. The molecule has 4 rings (SSSR count). The van der Waals surface area contributed by atoms with Crippen molar-refractivity contribution < 1.29 is 4.52 Å². The van der Waals surface area contributed by atoms with Crippen molar-refractivity contribution >= 4 is 0 Å². The van der Waals surface area contributed by atoms with E-state index >= 15 is 0 Å². The molecule has 0 radical (unpaired) electrons. The molecule has 0 spiro atoms. The van der Waals surface area contributed by atoms with E-state index in [0.29, 0.717) is 17.6 Å². The van der Waals surface area contributed by atoms with Crippen LogP contribution in [0.1, 0.15) is 45.3 Å². The fraction of sp³-hybridized carbons (Fsp3) is 0.846. The van der Waals surface area contributed by atoms with Crippen molar-refractivity contribution in [2.75, 3.05) is 19.6 Å². The van der Waals surface area contributed by atoms with E-state index in [1.54, 1.807) is 0 Å². The van der Waals surface area contributed by atoms with E-state index in [9.17, 15) is 0 Å². The van der Waals surface area contributed by atoms with Crippen LogP contribution < -0.4 is 5.73 Å². The Hall–Kier alpha value is -0.940. The van der Waals surface area contributed by atoms with Crippen molar-refractivity contribution in [2.45, 2.75) is 44.6 Å². The monoisotopic (exact) mass is 250 g/mol. The van der Waals surface area contributed by atoms with Crippen LogP contribution in [0.15, 0.2) is 4.52 Å². The molecule has 0 saturated carbocycles. The Labute approximate surface area is 108 Å². The van der Waals surface area contributed by atoms with Gasteiger partial charge in [-0.15, -0.1) is 0 Å². The molecular weight excluding hydrogens is 228 g/mol. The summed E-state index contributed by atoms with van der Waals surface area (Å²) >= 11 is 0. The van der Waals surface area contributed by atoms with Crippen molar-refractivity contribution in [3.05, 3.63) is 11.7 Å². The molecule has 5 nitrogen and oxygen atoms in total. The van der Waals surface area contributed by atoms with Gasteiger partial charge in [0.25, 0.3) is 0 Å². The molecule has 1 aromatic heterocycles. The zero-order valence-electron chi connectivity index (χ0n) is 11.4. The maximum absolute atomic E-state index is 6.60. The predicted molar refractivity (Wildman–Crippen MR) is 68.0 cm³/mol. The van der Waals surface area contributed by atoms with Crippen LogP contribution in [0, 0.1) is 5.92 Å². The Bertz CT molecular complexity index is 442. The number of aromatic nitrogens is 2. The molecule has 0 aliphatic carbocycles. The Balaban J connectivity index is 1.92. The van der Waals surface area contributed by atoms with Crippen LogP contribution in [-0.2, 0) is 11.0 Å². The van der Waals surface area contributed by atoms with Gasteiger partial charge in [0.2, 0.25) is 5.89 Å². The molecule has 1 atom stereocenters. The largest absolute Gasteiger partial charge is 0.339 e. The molecule has 2 bridgehead atoms. The third-order valence-electron chi connectivity index (χ3n) is 4.29. The Morgan fingerprint density at radius 2 is 2.00 bits per heavy atom. The standard InChI is InChI=1S/C13H22N4O/c1-12(2,3)11-15-10(16-18-11)13(14)8-17-6-4-9(13)5-7-17/h9H,4-8,14H2,1-3H3. The topological polar surface area (TPSA) is 68.2 Å². The number of hydrogen-bond acceptors (Lipinski definition) is 5. The molecule has 3 aliphatic heterocycles. The number of piperidine rings is 3. The molecule has 3 fully saturated rings. The van der Waals surface area contributed by atoms with E-state index in [1.807, 2.05) is 0 Å². The maximum atomic E-state index is 6.60. The fourth-order valence-corrected chi connectivity index (χ4v) is 3.08. The average Bonchev–Trinajstić information content (AvgIpc) is 2.79. The summed E-state index contributed by atoms with van der Waals surface area (Å²) < 4.78 is 5.40. The number of fused-ring (bicyclic) bond motifs is 3. The summed E-state index contributed by atoms with van der Waals surface area (Å²) in [5.41, 5.74) is 6.07. The summed E-state index contributed by atoms with van der Waals surface area (Å²) in [6, 6.07) is 0. The molecule has 0 aromatic carbocycles. The van der Waals surface area contributed by atoms with Gasteiger partial charge in [0.05, 0.1) is 5.54 Å². The highest BCUT2D eigenvalue weighted by atomic mass is 16.5. The first-order valence-corrected chi connectivity index (χ1v) is 6.75. The van der Waals surface area contributed by atoms with E-state index in [1.165, 1.54) is 0 Å². The van der Waals surface area contributed by atoms with Crippen molar-refractivity contribution in [1.82, 2.24) is 15.0 Å². The van der Waals surface area contributed by atoms with E-state index in [0.717, 1.165) is 32.5 Å². The summed E-state index contributed by atoms with van der Waals surface area (Å²) in [5.74, 6) is 1.87. The van der Waals surface area contributed by atoms with Crippen molar-refractivity contribution in [3.63, 3.8) is 0 Å². The van der Waals surface area contributed by atoms with Gasteiger partial charge >= 0.3 is 0 Å². The van der Waals surface area contributed by atoms with E-state index in [2.05, 4.69) is 35.8 Å². The van der Waals surface area contributed by atoms with Crippen LogP contribution >= 0.6 is 0 Å². The molecule has 2 N–H and O–H groups in total. The first kappa shape index (κ1) is 12.1. The lowest BCUT2D eigenvalue weighted by molar-refractivity contribution is 0.0207. The van der Waals surface area contributed by atoms with E-state index in [-0.39, 0.29) is 5.41 Å². The summed E-state index contributed by atoms with van der Waals surface area (Å²) in [5, 5.41) is 4.16. The molecular formula is C13H22N4O. The Morgan fingerprint density at radius 3 is 2.44 bits per heavy atom. The van der Waals surface area contributed by atoms with Gasteiger partial charge in [-0.25, -0.2) is 0 Å². The quantitative estimate of drug-likeness (QED) is 0.812. The third-order valence-corrected chi connectivity index (χ3v) is 4.29. The molecule has 1 aromatic rings. The second-order valence-corrected chi connectivity index (χ2v) is 6.76. The summed E-state index contributed by atoms with van der Waals surface area (Å²) in [4.78, 5) is 6.98. The van der Waals surface area contributed by atoms with Gasteiger partial charge in [0, 0.05) is 12.0 Å². The molecule has 5 heteroatoms. The molecule has 3 saturated heterocycles. The maximum Gasteiger partial charge on any atom is 0.232 e. The fourth-order valence-electron chi connectivity index (χ4n) is 3.08. The first-order valence-electron chi connectivity index (χ1n) is 6.75. The first-order chi connectivity index (χ1) is 8.39. The number of rotatable bonds is 1. The van der Waals surface area contributed by atoms with Gasteiger partial charge in [-0.2, -0.15) is 4.98 Å². The zero-order chi connectivity index (χ0) is 13.0. The average molecular weight is 250 g/mol. The van der Waals surface area contributed by atoms with Gasteiger partial charge in [0.1, 0.15) is 0 Å². The SMILES string of the molecule is CC(C)(C)c1nc(C2(N)CN3CCC2CC3)no1. The second-order valence-electron chi connectivity index (χ2n) is 6.76. The van der Waals surface area contributed by atoms with Crippen molar-refractivity contribution in [1.29, 1.82) is 0 Å². The molecule has 0 amide bonds. The normalized spacial score (nSPS) is 36.0. The lowest BCUT2D eigenvalue weighted by atomic mass is 9.73. The summed E-state index contributed by atoms with van der Waals surface area (Å²) in [7, 11) is 0. The van der Waals surface area contributed by atoms with Crippen molar-refractivity contribution in [2.24, 2.45) is 11.7 Å². The van der Waals surface area contributed by atoms with Crippen LogP contribution in [0.3, 0.4) is 0 Å². The minimum Gasteiger partial charge on any atom is -0.339 e. The van der Waals surface area contributed by atoms with Gasteiger partial charge in [0.15, 0.2) is 5.82 Å². The number of nitrogens with zero attached hydrogens (tertiary/aromatic N) is 3. The highest BCUT2D eigenvalue weighted by molar-refractivity contribution is 5.14. The minimum atomic E-state index is -0.413. The van der Waals surface area contributed by atoms with E-state index in [4.69, 9.17) is 10.3 Å². The third kappa shape index (κ3) is 1.77. The van der Waals surface area contributed by atoms with Gasteiger partial charge in [-0.3, -0.25) is 0 Å². The van der Waals surface area contributed by atoms with Gasteiger partial charge in [-0.05, 0) is 31.8 Å². The number of nitrogens with two attached hydrogens (primary N) is 1. The van der Waals surface area contributed by atoms with Crippen LogP contribution in [0.2, 0.25) is 0 Å². The van der Waals surface area contributed by atoms with Crippen LogP contribution in [-0.4, -0.2) is 34.7 Å². The second kappa shape index (κ2) is 3.78. The molecule has 4 heterocycles. The lowest BCUT2D eigenvalue weighted by Crippen LogP contribution is -2.62. The Morgan fingerprint density at radius 1 is 1.33 bits per heavy atom. The molecule has 18 heavy (non-hydrogen) atoms. The van der Waals surface area contributed by atoms with Gasteiger partial charge in [-0.1, -0.05) is 25.9 Å². The van der Waals surface area contributed by atoms with Crippen LogP contribution in [0.5, 0.6) is 0 Å². The van der Waals surface area contributed by atoms with Crippen molar-refractivity contribution in [3.8, 4) is 0 Å². The zero-order valence-corrected chi connectivity index (χ0v) is 11.4. The number of hydrogen-bond donors (Lipinski definition) is 1. The minimum absolute atomic E-state index is 0.115. The highest BCUT2D eigenvalue weighted by Crippen LogP contribution is 2.39. The van der Waals surface area contributed by atoms with Crippen LogP contribution in [0.25, 0.3) is 0 Å². The predicted octanol–water partition coefficient (Wildman–Crippen LogP) is 1.25. The summed E-state index contributed by atoms with van der Waals surface area (Å²) in [6.45, 7) is 9.40. The highest BCUT2D eigenvalue weighted by Gasteiger charge is 2.48. The summed E-state index contributed by atoms with van der Waals surface area (Å²) in [6.07, 6.45) is 2.30. The lowest BCUT2D eigenvalue weighted by Gasteiger charge is -2.49. The molecule has 100 valence electrons. The molecule has 1 unspecified atom stereocenters.